The molecular weight excluding hydrogens is 298 g/mol. The van der Waals surface area contributed by atoms with Crippen molar-refractivity contribution < 1.29 is 4.79 Å². The highest BCUT2D eigenvalue weighted by Crippen LogP contribution is 2.22. The maximum atomic E-state index is 12.7. The van der Waals surface area contributed by atoms with Gasteiger partial charge in [-0.05, 0) is 44.0 Å². The highest BCUT2D eigenvalue weighted by Gasteiger charge is 2.18. The van der Waals surface area contributed by atoms with Gasteiger partial charge in [0.2, 0.25) is 0 Å². The quantitative estimate of drug-likeness (QED) is 0.772. The van der Waals surface area contributed by atoms with Crippen LogP contribution < -0.4 is 5.32 Å². The molecule has 4 nitrogen and oxygen atoms in total. The molecule has 0 aliphatic heterocycles. The van der Waals surface area contributed by atoms with Crippen molar-refractivity contribution >= 4 is 28.8 Å². The van der Waals surface area contributed by atoms with Gasteiger partial charge in [-0.15, -0.1) is 0 Å². The van der Waals surface area contributed by atoms with E-state index in [1.54, 1.807) is 22.7 Å². The van der Waals surface area contributed by atoms with Gasteiger partial charge in [-0.2, -0.15) is 0 Å². The lowest BCUT2D eigenvalue weighted by Gasteiger charge is -2.11. The third-order valence-electron chi connectivity index (χ3n) is 3.69. The van der Waals surface area contributed by atoms with Crippen molar-refractivity contribution in [3.8, 4) is 0 Å². The number of anilines is 1. The number of carbonyl (C=O) groups is 1. The Bertz CT molecular complexity index is 863. The standard InChI is InChI=1S/C17H16ClN3O/c1-10-5-4-6-11(2)15(10)20-17(22)16-12(3)19-14-8-7-13(18)9-21(14)16/h4-9H,1-3H3,(H,20,22). The lowest BCUT2D eigenvalue weighted by Crippen LogP contribution is -2.17. The van der Waals surface area contributed by atoms with E-state index in [9.17, 15) is 4.79 Å². The smallest absolute Gasteiger partial charge is 0.274 e. The first-order chi connectivity index (χ1) is 10.5. The summed E-state index contributed by atoms with van der Waals surface area (Å²) in [6, 6.07) is 9.48. The molecule has 0 aliphatic rings. The SMILES string of the molecule is Cc1cccc(C)c1NC(=O)c1c(C)nc2ccc(Cl)cn12. The lowest BCUT2D eigenvalue weighted by molar-refractivity contribution is 0.102. The van der Waals surface area contributed by atoms with Crippen LogP contribution in [0.15, 0.2) is 36.5 Å². The van der Waals surface area contributed by atoms with Gasteiger partial charge in [0, 0.05) is 11.9 Å². The van der Waals surface area contributed by atoms with E-state index in [1.807, 2.05) is 39.0 Å². The summed E-state index contributed by atoms with van der Waals surface area (Å²) in [6.45, 7) is 5.77. The zero-order valence-electron chi connectivity index (χ0n) is 12.6. The minimum absolute atomic E-state index is 0.190. The molecule has 2 heterocycles. The van der Waals surface area contributed by atoms with E-state index in [1.165, 1.54) is 0 Å². The molecule has 0 aliphatic carbocycles. The van der Waals surface area contributed by atoms with E-state index in [-0.39, 0.29) is 5.91 Å². The fourth-order valence-corrected chi connectivity index (χ4v) is 2.75. The van der Waals surface area contributed by atoms with Crippen molar-refractivity contribution in [3.05, 3.63) is 64.1 Å². The average Bonchev–Trinajstić information content (AvgIpc) is 2.78. The van der Waals surface area contributed by atoms with Gasteiger partial charge < -0.3 is 5.32 Å². The Balaban J connectivity index is 2.06. The summed E-state index contributed by atoms with van der Waals surface area (Å²) < 4.78 is 1.72. The molecule has 0 radical (unpaired) electrons. The number of aromatic nitrogens is 2. The Morgan fingerprint density at radius 3 is 2.50 bits per heavy atom. The largest absolute Gasteiger partial charge is 0.320 e. The van der Waals surface area contributed by atoms with Crippen LogP contribution in [-0.4, -0.2) is 15.3 Å². The van der Waals surface area contributed by atoms with Gasteiger partial charge in [-0.3, -0.25) is 9.20 Å². The van der Waals surface area contributed by atoms with Crippen LogP contribution in [0.3, 0.4) is 0 Å². The molecule has 112 valence electrons. The molecule has 22 heavy (non-hydrogen) atoms. The summed E-state index contributed by atoms with van der Waals surface area (Å²) in [5.74, 6) is -0.190. The van der Waals surface area contributed by atoms with Crippen LogP contribution in [0.25, 0.3) is 5.65 Å². The number of imidazole rings is 1. The summed E-state index contributed by atoms with van der Waals surface area (Å²) in [7, 11) is 0. The van der Waals surface area contributed by atoms with Gasteiger partial charge in [-0.1, -0.05) is 29.8 Å². The lowest BCUT2D eigenvalue weighted by atomic mass is 10.1. The number of hydrogen-bond acceptors (Lipinski definition) is 2. The Morgan fingerprint density at radius 2 is 1.82 bits per heavy atom. The van der Waals surface area contributed by atoms with Gasteiger partial charge in [0.25, 0.3) is 5.91 Å². The third kappa shape index (κ3) is 2.46. The molecule has 0 fully saturated rings. The first kappa shape index (κ1) is 14.6. The van der Waals surface area contributed by atoms with Crippen LogP contribution in [0.5, 0.6) is 0 Å². The molecule has 2 aromatic heterocycles. The van der Waals surface area contributed by atoms with E-state index < -0.39 is 0 Å². The number of para-hydroxylation sites is 1. The van der Waals surface area contributed by atoms with E-state index in [0.717, 1.165) is 16.8 Å². The van der Waals surface area contributed by atoms with E-state index in [4.69, 9.17) is 11.6 Å². The molecule has 0 saturated carbocycles. The van der Waals surface area contributed by atoms with Crippen LogP contribution in [0.1, 0.15) is 27.3 Å². The first-order valence-electron chi connectivity index (χ1n) is 6.99. The fraction of sp³-hybridized carbons (Fsp3) is 0.176. The summed E-state index contributed by atoms with van der Waals surface area (Å²) in [4.78, 5) is 17.1. The second kappa shape index (κ2) is 5.46. The molecule has 5 heteroatoms. The highest BCUT2D eigenvalue weighted by molar-refractivity contribution is 6.30. The number of pyridine rings is 1. The maximum absolute atomic E-state index is 12.7. The zero-order chi connectivity index (χ0) is 15.9. The van der Waals surface area contributed by atoms with Gasteiger partial charge in [0.1, 0.15) is 11.3 Å². The summed E-state index contributed by atoms with van der Waals surface area (Å²) in [6.07, 6.45) is 1.70. The number of amides is 1. The number of halogens is 1. The molecule has 0 unspecified atom stereocenters. The minimum Gasteiger partial charge on any atom is -0.320 e. The zero-order valence-corrected chi connectivity index (χ0v) is 13.4. The molecule has 3 rings (SSSR count). The Labute approximate surface area is 133 Å². The molecule has 1 amide bonds. The Hall–Kier alpha value is -2.33. The summed E-state index contributed by atoms with van der Waals surface area (Å²) in [5.41, 5.74) is 4.76. The number of nitrogens with zero attached hydrogens (tertiary/aromatic N) is 2. The number of carbonyl (C=O) groups excluding carboxylic acids is 1. The molecule has 0 bridgehead atoms. The molecule has 3 aromatic rings. The van der Waals surface area contributed by atoms with E-state index >= 15 is 0 Å². The molecule has 0 spiro atoms. The predicted molar refractivity (Wildman–Crippen MR) is 88.8 cm³/mol. The normalized spacial score (nSPS) is 10.9. The third-order valence-corrected chi connectivity index (χ3v) is 3.92. The van der Waals surface area contributed by atoms with Crippen LogP contribution in [-0.2, 0) is 0 Å². The summed E-state index contributed by atoms with van der Waals surface area (Å²) >= 11 is 6.03. The topological polar surface area (TPSA) is 46.4 Å². The Kier molecular flexibility index (Phi) is 3.62. The molecule has 1 N–H and O–H groups in total. The maximum Gasteiger partial charge on any atom is 0.274 e. The monoisotopic (exact) mass is 313 g/mol. The van der Waals surface area contributed by atoms with Crippen molar-refractivity contribution in [3.63, 3.8) is 0 Å². The van der Waals surface area contributed by atoms with Crippen molar-refractivity contribution in [2.45, 2.75) is 20.8 Å². The van der Waals surface area contributed by atoms with Crippen molar-refractivity contribution in [1.82, 2.24) is 9.38 Å². The van der Waals surface area contributed by atoms with Gasteiger partial charge >= 0.3 is 0 Å². The highest BCUT2D eigenvalue weighted by atomic mass is 35.5. The predicted octanol–water partition coefficient (Wildman–Crippen LogP) is 4.17. The van der Waals surface area contributed by atoms with Crippen molar-refractivity contribution in [2.24, 2.45) is 0 Å². The minimum atomic E-state index is -0.190. The fourth-order valence-electron chi connectivity index (χ4n) is 2.59. The number of nitrogens with one attached hydrogen (secondary N) is 1. The summed E-state index contributed by atoms with van der Waals surface area (Å²) in [5, 5.41) is 3.55. The average molecular weight is 314 g/mol. The second-order valence-electron chi connectivity index (χ2n) is 5.34. The number of rotatable bonds is 2. The second-order valence-corrected chi connectivity index (χ2v) is 5.78. The van der Waals surface area contributed by atoms with E-state index in [0.29, 0.717) is 22.1 Å². The van der Waals surface area contributed by atoms with Gasteiger partial charge in [0.05, 0.1) is 10.7 Å². The van der Waals surface area contributed by atoms with Gasteiger partial charge in [-0.25, -0.2) is 4.98 Å². The number of benzene rings is 1. The van der Waals surface area contributed by atoms with Crippen molar-refractivity contribution in [1.29, 1.82) is 0 Å². The Morgan fingerprint density at radius 1 is 1.14 bits per heavy atom. The van der Waals surface area contributed by atoms with Crippen LogP contribution in [0.2, 0.25) is 5.02 Å². The molecule has 1 aromatic carbocycles. The number of fused-ring (bicyclic) bond motifs is 1. The van der Waals surface area contributed by atoms with Gasteiger partial charge in [0.15, 0.2) is 0 Å². The molecule has 0 saturated heterocycles. The van der Waals surface area contributed by atoms with Crippen LogP contribution in [0.4, 0.5) is 5.69 Å². The molecular formula is C17H16ClN3O. The number of hydrogen-bond donors (Lipinski definition) is 1. The number of aryl methyl sites for hydroxylation is 3. The van der Waals surface area contributed by atoms with Crippen molar-refractivity contribution in [2.75, 3.05) is 5.32 Å². The van der Waals surface area contributed by atoms with E-state index in [2.05, 4.69) is 10.3 Å². The molecule has 0 atom stereocenters. The first-order valence-corrected chi connectivity index (χ1v) is 7.37. The van der Waals surface area contributed by atoms with Crippen LogP contribution >= 0.6 is 11.6 Å². The van der Waals surface area contributed by atoms with Crippen LogP contribution in [0, 0.1) is 20.8 Å².